The summed E-state index contributed by atoms with van der Waals surface area (Å²) in [5.74, 6) is 0.461. The van der Waals surface area contributed by atoms with Gasteiger partial charge in [0.2, 0.25) is 5.88 Å². The van der Waals surface area contributed by atoms with Gasteiger partial charge < -0.3 is 4.74 Å². The number of aromatic nitrogens is 2. The maximum Gasteiger partial charge on any atom is 0.216 e. The van der Waals surface area contributed by atoms with Crippen molar-refractivity contribution in [3.63, 3.8) is 0 Å². The number of thiophene rings is 1. The van der Waals surface area contributed by atoms with E-state index in [1.54, 1.807) is 12.1 Å². The Hall–Kier alpha value is -0.790. The van der Waals surface area contributed by atoms with Crippen LogP contribution in [-0.4, -0.2) is 22.9 Å². The number of rotatable bonds is 4. The van der Waals surface area contributed by atoms with Crippen LogP contribution in [0.1, 0.15) is 16.1 Å². The van der Waals surface area contributed by atoms with Gasteiger partial charge in [0.25, 0.3) is 0 Å². The standard InChI is InChI=1S/C11H8Br2N2O2S/c1-17-10-3-6(14-5-15-10)2-8(16)7-4-9(12)18-11(7)13/h3-5H,2H2,1H3. The SMILES string of the molecule is COc1cc(CC(=O)c2cc(Br)sc2Br)ncn1. The molecule has 0 saturated carbocycles. The van der Waals surface area contributed by atoms with E-state index in [0.29, 0.717) is 17.1 Å². The molecule has 94 valence electrons. The van der Waals surface area contributed by atoms with Crippen molar-refractivity contribution < 1.29 is 9.53 Å². The Morgan fingerprint density at radius 2 is 2.17 bits per heavy atom. The van der Waals surface area contributed by atoms with Crippen molar-refractivity contribution in [2.24, 2.45) is 0 Å². The van der Waals surface area contributed by atoms with Gasteiger partial charge in [0, 0.05) is 11.6 Å². The van der Waals surface area contributed by atoms with Crippen LogP contribution >= 0.6 is 43.2 Å². The molecular weight excluding hydrogens is 384 g/mol. The second kappa shape index (κ2) is 5.90. The third kappa shape index (κ3) is 3.15. The van der Waals surface area contributed by atoms with Crippen LogP contribution in [0, 0.1) is 0 Å². The van der Waals surface area contributed by atoms with Gasteiger partial charge in [-0.1, -0.05) is 0 Å². The van der Waals surface area contributed by atoms with Crippen LogP contribution in [0.2, 0.25) is 0 Å². The molecule has 0 saturated heterocycles. The van der Waals surface area contributed by atoms with E-state index in [0.717, 1.165) is 7.57 Å². The van der Waals surface area contributed by atoms with Crippen LogP contribution < -0.4 is 4.74 Å². The van der Waals surface area contributed by atoms with E-state index in [2.05, 4.69) is 41.8 Å². The van der Waals surface area contributed by atoms with Gasteiger partial charge in [-0.3, -0.25) is 4.79 Å². The number of hydrogen-bond donors (Lipinski definition) is 0. The number of carbonyl (C=O) groups is 1. The third-order valence-corrected chi connectivity index (χ3v) is 4.55. The first-order valence-electron chi connectivity index (χ1n) is 4.93. The van der Waals surface area contributed by atoms with Crippen molar-refractivity contribution in [1.29, 1.82) is 0 Å². The Balaban J connectivity index is 2.18. The molecule has 0 bridgehead atoms. The first-order chi connectivity index (χ1) is 8.60. The average molecular weight is 392 g/mol. The van der Waals surface area contributed by atoms with E-state index in [1.165, 1.54) is 24.8 Å². The number of ketones is 1. The average Bonchev–Trinajstić information content (AvgIpc) is 2.69. The lowest BCUT2D eigenvalue weighted by molar-refractivity contribution is 0.0991. The minimum Gasteiger partial charge on any atom is -0.481 e. The molecule has 0 aliphatic rings. The smallest absolute Gasteiger partial charge is 0.216 e. The second-order valence-electron chi connectivity index (χ2n) is 3.39. The number of Topliss-reactive ketones (excluding diaryl/α,β-unsaturated/α-hetero) is 1. The molecule has 0 amide bonds. The summed E-state index contributed by atoms with van der Waals surface area (Å²) in [6.07, 6.45) is 1.61. The lowest BCUT2D eigenvalue weighted by Gasteiger charge is -2.01. The summed E-state index contributed by atoms with van der Waals surface area (Å²) in [6.45, 7) is 0. The Morgan fingerprint density at radius 1 is 1.39 bits per heavy atom. The van der Waals surface area contributed by atoms with E-state index in [4.69, 9.17) is 4.74 Å². The van der Waals surface area contributed by atoms with Gasteiger partial charge in [-0.15, -0.1) is 11.3 Å². The molecule has 0 aliphatic heterocycles. The molecule has 0 atom stereocenters. The van der Waals surface area contributed by atoms with Crippen LogP contribution in [0.5, 0.6) is 5.88 Å². The quantitative estimate of drug-likeness (QED) is 0.748. The maximum absolute atomic E-state index is 12.1. The topological polar surface area (TPSA) is 52.1 Å². The Kier molecular flexibility index (Phi) is 4.47. The lowest BCUT2D eigenvalue weighted by Crippen LogP contribution is -2.05. The van der Waals surface area contributed by atoms with Crippen LogP contribution in [0.3, 0.4) is 0 Å². The van der Waals surface area contributed by atoms with E-state index in [-0.39, 0.29) is 12.2 Å². The number of carbonyl (C=O) groups excluding carboxylic acids is 1. The van der Waals surface area contributed by atoms with Gasteiger partial charge in [0.15, 0.2) is 5.78 Å². The molecule has 0 fully saturated rings. The van der Waals surface area contributed by atoms with E-state index in [1.807, 2.05) is 0 Å². The normalized spacial score (nSPS) is 10.4. The Bertz CT molecular complexity index is 586. The molecule has 0 radical (unpaired) electrons. The molecular formula is C11H8Br2N2O2S. The molecule has 2 heterocycles. The van der Waals surface area contributed by atoms with Crippen LogP contribution in [0.15, 0.2) is 26.0 Å². The predicted octanol–water partition coefficient (Wildman–Crippen LogP) is 3.50. The van der Waals surface area contributed by atoms with Gasteiger partial charge in [-0.05, 0) is 37.9 Å². The van der Waals surface area contributed by atoms with Gasteiger partial charge in [0.05, 0.1) is 26.8 Å². The van der Waals surface area contributed by atoms with Crippen molar-refractivity contribution in [3.8, 4) is 5.88 Å². The van der Waals surface area contributed by atoms with E-state index >= 15 is 0 Å². The fraction of sp³-hybridized carbons (Fsp3) is 0.182. The zero-order valence-corrected chi connectivity index (χ0v) is 13.3. The molecule has 0 unspecified atom stereocenters. The molecule has 7 heteroatoms. The van der Waals surface area contributed by atoms with Gasteiger partial charge in [0.1, 0.15) is 6.33 Å². The summed E-state index contributed by atoms with van der Waals surface area (Å²) in [6, 6.07) is 3.46. The Labute approximate surface area is 125 Å². The van der Waals surface area contributed by atoms with Crippen LogP contribution in [-0.2, 0) is 6.42 Å². The molecule has 2 aromatic rings. The highest BCUT2D eigenvalue weighted by Crippen LogP contribution is 2.32. The minimum atomic E-state index is 0.00424. The fourth-order valence-electron chi connectivity index (χ4n) is 1.38. The Morgan fingerprint density at radius 3 is 2.78 bits per heavy atom. The highest BCUT2D eigenvalue weighted by molar-refractivity contribution is 9.12. The van der Waals surface area contributed by atoms with Crippen molar-refractivity contribution in [2.45, 2.75) is 6.42 Å². The number of nitrogens with zero attached hydrogens (tertiary/aromatic N) is 2. The summed E-state index contributed by atoms with van der Waals surface area (Å²) in [5, 5.41) is 0. The predicted molar refractivity (Wildman–Crippen MR) is 76.3 cm³/mol. The second-order valence-corrected chi connectivity index (χ2v) is 7.14. The summed E-state index contributed by atoms with van der Waals surface area (Å²) >= 11 is 8.19. The largest absolute Gasteiger partial charge is 0.481 e. The van der Waals surface area contributed by atoms with Crippen molar-refractivity contribution >= 4 is 49.0 Å². The first kappa shape index (κ1) is 13.6. The summed E-state index contributed by atoms with van der Waals surface area (Å²) in [7, 11) is 1.53. The third-order valence-electron chi connectivity index (χ3n) is 2.21. The molecule has 4 nitrogen and oxygen atoms in total. The van der Waals surface area contributed by atoms with Crippen LogP contribution in [0.4, 0.5) is 0 Å². The van der Waals surface area contributed by atoms with Crippen LogP contribution in [0.25, 0.3) is 0 Å². The van der Waals surface area contributed by atoms with Gasteiger partial charge in [-0.25, -0.2) is 9.97 Å². The lowest BCUT2D eigenvalue weighted by atomic mass is 10.1. The van der Waals surface area contributed by atoms with Crippen molar-refractivity contribution in [3.05, 3.63) is 37.3 Å². The zero-order valence-electron chi connectivity index (χ0n) is 9.31. The fourth-order valence-corrected chi connectivity index (χ4v) is 4.23. The molecule has 18 heavy (non-hydrogen) atoms. The number of hydrogen-bond acceptors (Lipinski definition) is 5. The highest BCUT2D eigenvalue weighted by atomic mass is 79.9. The summed E-state index contributed by atoms with van der Waals surface area (Å²) in [4.78, 5) is 20.1. The van der Waals surface area contributed by atoms with E-state index < -0.39 is 0 Å². The zero-order chi connectivity index (χ0) is 13.1. The molecule has 0 spiro atoms. The van der Waals surface area contributed by atoms with Crippen molar-refractivity contribution in [2.75, 3.05) is 7.11 Å². The highest BCUT2D eigenvalue weighted by Gasteiger charge is 2.15. The molecule has 0 aliphatic carbocycles. The molecule has 2 rings (SSSR count). The van der Waals surface area contributed by atoms with Gasteiger partial charge in [-0.2, -0.15) is 0 Å². The number of halogens is 2. The molecule has 0 aromatic carbocycles. The monoisotopic (exact) mass is 390 g/mol. The summed E-state index contributed by atoms with van der Waals surface area (Å²) in [5.41, 5.74) is 1.30. The molecule has 0 N–H and O–H groups in total. The minimum absolute atomic E-state index is 0.00424. The molecule has 2 aromatic heterocycles. The summed E-state index contributed by atoms with van der Waals surface area (Å²) < 4.78 is 6.73. The number of ether oxygens (including phenoxy) is 1. The maximum atomic E-state index is 12.1. The van der Waals surface area contributed by atoms with E-state index in [9.17, 15) is 4.79 Å². The first-order valence-corrected chi connectivity index (χ1v) is 7.33. The number of methoxy groups -OCH3 is 1. The van der Waals surface area contributed by atoms with Crippen molar-refractivity contribution in [1.82, 2.24) is 9.97 Å². The van der Waals surface area contributed by atoms with Gasteiger partial charge >= 0.3 is 0 Å².